The SMILES string of the molecule is Cc1cc2c(n1C1CCC(=O)NC1)CCCC2=O. The van der Waals surface area contributed by atoms with Crippen molar-refractivity contribution in [1.29, 1.82) is 0 Å². The third-order valence-corrected chi connectivity index (χ3v) is 4.06. The van der Waals surface area contributed by atoms with Gasteiger partial charge in [-0.2, -0.15) is 0 Å². The van der Waals surface area contributed by atoms with Crippen LogP contribution >= 0.6 is 0 Å². The van der Waals surface area contributed by atoms with Gasteiger partial charge in [0, 0.05) is 36.3 Å². The number of piperidine rings is 1. The maximum absolute atomic E-state index is 11.9. The van der Waals surface area contributed by atoms with Crippen molar-refractivity contribution in [3.05, 3.63) is 23.0 Å². The number of ketones is 1. The average Bonchev–Trinajstić information content (AvgIpc) is 2.69. The monoisotopic (exact) mass is 246 g/mol. The highest BCUT2D eigenvalue weighted by Crippen LogP contribution is 2.30. The molecule has 1 fully saturated rings. The molecule has 1 saturated heterocycles. The molecule has 0 saturated carbocycles. The first-order valence-corrected chi connectivity index (χ1v) is 6.67. The van der Waals surface area contributed by atoms with Gasteiger partial charge in [-0.25, -0.2) is 0 Å². The van der Waals surface area contributed by atoms with Crippen LogP contribution in [0.3, 0.4) is 0 Å². The third-order valence-electron chi connectivity index (χ3n) is 4.06. The van der Waals surface area contributed by atoms with Gasteiger partial charge in [0.1, 0.15) is 0 Å². The zero-order valence-electron chi connectivity index (χ0n) is 10.7. The summed E-state index contributed by atoms with van der Waals surface area (Å²) < 4.78 is 2.28. The predicted octanol–water partition coefficient (Wildman–Crippen LogP) is 1.77. The summed E-state index contributed by atoms with van der Waals surface area (Å²) in [6.45, 7) is 2.75. The molecule has 1 atom stereocenters. The van der Waals surface area contributed by atoms with Gasteiger partial charge in [-0.05, 0) is 32.3 Å². The smallest absolute Gasteiger partial charge is 0.220 e. The highest BCUT2D eigenvalue weighted by Gasteiger charge is 2.28. The summed E-state index contributed by atoms with van der Waals surface area (Å²) in [5, 5.41) is 2.92. The Morgan fingerprint density at radius 3 is 2.83 bits per heavy atom. The Hall–Kier alpha value is -1.58. The Balaban J connectivity index is 1.97. The standard InChI is InChI=1S/C14H18N2O2/c1-9-7-11-12(3-2-4-13(11)17)16(9)10-5-6-14(18)15-8-10/h7,10H,2-6,8H2,1H3,(H,15,18). The van der Waals surface area contributed by atoms with Crippen LogP contribution in [-0.4, -0.2) is 22.8 Å². The van der Waals surface area contributed by atoms with E-state index in [1.165, 1.54) is 5.69 Å². The van der Waals surface area contributed by atoms with Gasteiger partial charge < -0.3 is 9.88 Å². The minimum Gasteiger partial charge on any atom is -0.354 e. The fourth-order valence-electron chi connectivity index (χ4n) is 3.20. The molecule has 1 aromatic rings. The number of carbonyl (C=O) groups is 2. The maximum atomic E-state index is 11.9. The minimum absolute atomic E-state index is 0.140. The van der Waals surface area contributed by atoms with Crippen LogP contribution < -0.4 is 5.32 Å². The molecule has 18 heavy (non-hydrogen) atoms. The molecular formula is C14H18N2O2. The second-order valence-electron chi connectivity index (χ2n) is 5.29. The van der Waals surface area contributed by atoms with Gasteiger partial charge in [-0.1, -0.05) is 0 Å². The molecule has 96 valence electrons. The number of rotatable bonds is 1. The molecule has 1 aromatic heterocycles. The van der Waals surface area contributed by atoms with Gasteiger partial charge in [0.25, 0.3) is 0 Å². The number of nitrogens with one attached hydrogen (secondary N) is 1. The number of fused-ring (bicyclic) bond motifs is 1. The third kappa shape index (κ3) is 1.76. The van der Waals surface area contributed by atoms with Crippen LogP contribution in [0.5, 0.6) is 0 Å². The Morgan fingerprint density at radius 2 is 2.11 bits per heavy atom. The van der Waals surface area contributed by atoms with Crippen molar-refractivity contribution >= 4 is 11.7 Å². The second-order valence-corrected chi connectivity index (χ2v) is 5.29. The normalized spacial score (nSPS) is 23.7. The highest BCUT2D eigenvalue weighted by atomic mass is 16.1. The Bertz CT molecular complexity index is 506. The van der Waals surface area contributed by atoms with Gasteiger partial charge in [0.15, 0.2) is 5.78 Å². The van der Waals surface area contributed by atoms with Crippen molar-refractivity contribution < 1.29 is 9.59 Å². The summed E-state index contributed by atoms with van der Waals surface area (Å²) in [5.41, 5.74) is 3.25. The van der Waals surface area contributed by atoms with E-state index in [2.05, 4.69) is 16.8 Å². The van der Waals surface area contributed by atoms with Crippen molar-refractivity contribution in [2.75, 3.05) is 6.54 Å². The van der Waals surface area contributed by atoms with Crippen molar-refractivity contribution in [3.8, 4) is 0 Å². The van der Waals surface area contributed by atoms with E-state index >= 15 is 0 Å². The molecule has 2 aliphatic rings. The number of aryl methyl sites for hydroxylation is 1. The van der Waals surface area contributed by atoms with Crippen molar-refractivity contribution in [2.24, 2.45) is 0 Å². The second kappa shape index (κ2) is 4.26. The Kier molecular flexibility index (Phi) is 2.73. The molecule has 2 heterocycles. The van der Waals surface area contributed by atoms with Gasteiger partial charge in [-0.15, -0.1) is 0 Å². The fraction of sp³-hybridized carbons (Fsp3) is 0.571. The molecule has 1 amide bonds. The molecule has 0 spiro atoms. The highest BCUT2D eigenvalue weighted by molar-refractivity contribution is 5.98. The summed E-state index contributed by atoms with van der Waals surface area (Å²) >= 11 is 0. The number of hydrogen-bond acceptors (Lipinski definition) is 2. The predicted molar refractivity (Wildman–Crippen MR) is 67.7 cm³/mol. The molecule has 1 aliphatic carbocycles. The van der Waals surface area contributed by atoms with Crippen molar-refractivity contribution in [1.82, 2.24) is 9.88 Å². The van der Waals surface area contributed by atoms with Crippen LogP contribution in [0, 0.1) is 6.92 Å². The summed E-state index contributed by atoms with van der Waals surface area (Å²) in [7, 11) is 0. The first-order chi connectivity index (χ1) is 8.66. The molecule has 0 radical (unpaired) electrons. The number of nitrogens with zero attached hydrogens (tertiary/aromatic N) is 1. The van der Waals surface area contributed by atoms with Crippen LogP contribution in [-0.2, 0) is 11.2 Å². The molecule has 0 bridgehead atoms. The topological polar surface area (TPSA) is 51.1 Å². The van der Waals surface area contributed by atoms with E-state index in [1.54, 1.807) is 0 Å². The lowest BCUT2D eigenvalue weighted by Gasteiger charge is -2.28. The molecule has 4 heteroatoms. The van der Waals surface area contributed by atoms with E-state index in [4.69, 9.17) is 0 Å². The molecule has 0 aromatic carbocycles. The van der Waals surface area contributed by atoms with E-state index < -0.39 is 0 Å². The first kappa shape index (κ1) is 11.5. The molecule has 1 aliphatic heterocycles. The lowest BCUT2D eigenvalue weighted by molar-refractivity contribution is -0.122. The number of hydrogen-bond donors (Lipinski definition) is 1. The molecule has 1 unspecified atom stereocenters. The molecule has 4 nitrogen and oxygen atoms in total. The molecule has 1 N–H and O–H groups in total. The molecule has 3 rings (SSSR count). The summed E-state index contributed by atoms with van der Waals surface area (Å²) in [5.74, 6) is 0.416. The van der Waals surface area contributed by atoms with Gasteiger partial charge >= 0.3 is 0 Å². The van der Waals surface area contributed by atoms with E-state index in [0.29, 0.717) is 25.4 Å². The van der Waals surface area contributed by atoms with Crippen LogP contribution in [0.15, 0.2) is 6.07 Å². The summed E-state index contributed by atoms with van der Waals surface area (Å²) in [6.07, 6.45) is 4.08. The van der Waals surface area contributed by atoms with E-state index in [1.807, 2.05) is 6.07 Å². The van der Waals surface area contributed by atoms with E-state index in [9.17, 15) is 9.59 Å². The lowest BCUT2D eigenvalue weighted by Crippen LogP contribution is -2.37. The number of Topliss-reactive ketones (excluding diaryl/α,β-unsaturated/α-hetero) is 1. The van der Waals surface area contributed by atoms with Crippen LogP contribution in [0.1, 0.15) is 53.5 Å². The molecular weight excluding hydrogens is 228 g/mol. The number of carbonyl (C=O) groups excluding carboxylic acids is 2. The van der Waals surface area contributed by atoms with Gasteiger partial charge in [0.05, 0.1) is 6.04 Å². The largest absolute Gasteiger partial charge is 0.354 e. The zero-order chi connectivity index (χ0) is 12.7. The number of amides is 1. The maximum Gasteiger partial charge on any atom is 0.220 e. The Morgan fingerprint density at radius 1 is 1.28 bits per heavy atom. The zero-order valence-corrected chi connectivity index (χ0v) is 10.7. The number of aromatic nitrogens is 1. The van der Waals surface area contributed by atoms with Crippen LogP contribution in [0.4, 0.5) is 0 Å². The first-order valence-electron chi connectivity index (χ1n) is 6.67. The average molecular weight is 246 g/mol. The van der Waals surface area contributed by atoms with E-state index in [0.717, 1.165) is 30.5 Å². The quantitative estimate of drug-likeness (QED) is 0.821. The summed E-state index contributed by atoms with van der Waals surface area (Å²) in [6, 6.07) is 2.34. The van der Waals surface area contributed by atoms with Gasteiger partial charge in [-0.3, -0.25) is 9.59 Å². The van der Waals surface area contributed by atoms with Crippen LogP contribution in [0.25, 0.3) is 0 Å². The lowest BCUT2D eigenvalue weighted by atomic mass is 9.96. The van der Waals surface area contributed by atoms with Gasteiger partial charge in [0.2, 0.25) is 5.91 Å². The van der Waals surface area contributed by atoms with Crippen molar-refractivity contribution in [2.45, 2.75) is 45.1 Å². The van der Waals surface area contributed by atoms with Crippen molar-refractivity contribution in [3.63, 3.8) is 0 Å². The van der Waals surface area contributed by atoms with Crippen LogP contribution in [0.2, 0.25) is 0 Å². The summed E-state index contributed by atoms with van der Waals surface area (Å²) in [4.78, 5) is 23.1. The Labute approximate surface area is 106 Å². The van der Waals surface area contributed by atoms with E-state index in [-0.39, 0.29) is 11.7 Å². The minimum atomic E-state index is 0.140. The fourth-order valence-corrected chi connectivity index (χ4v) is 3.20.